The molecule has 2 rings (SSSR count). The van der Waals surface area contributed by atoms with Crippen molar-refractivity contribution in [3.63, 3.8) is 0 Å². The molecule has 18 heavy (non-hydrogen) atoms. The number of carbonyl (C=O) groups is 1. The maximum atomic E-state index is 11.0. The third-order valence-corrected chi connectivity index (χ3v) is 3.46. The van der Waals surface area contributed by atoms with Crippen LogP contribution >= 0.6 is 0 Å². The maximum Gasteiger partial charge on any atom is 0.320 e. The second-order valence-corrected chi connectivity index (χ2v) is 5.08. The van der Waals surface area contributed by atoms with Gasteiger partial charge in [-0.25, -0.2) is 0 Å². The zero-order valence-corrected chi connectivity index (χ0v) is 10.9. The van der Waals surface area contributed by atoms with E-state index in [1.807, 2.05) is 6.92 Å². The largest absolute Gasteiger partial charge is 0.480 e. The van der Waals surface area contributed by atoms with Gasteiger partial charge in [-0.2, -0.15) is 0 Å². The molecule has 1 aromatic rings. The molecule has 1 aliphatic carbocycles. The molecule has 0 spiro atoms. The molecule has 0 aliphatic heterocycles. The number of benzene rings is 1. The second-order valence-electron chi connectivity index (χ2n) is 5.08. The molecule has 1 saturated carbocycles. The van der Waals surface area contributed by atoms with Gasteiger partial charge >= 0.3 is 5.97 Å². The fourth-order valence-electron chi connectivity index (χ4n) is 2.17. The Balaban J connectivity index is 1.86. The lowest BCUT2D eigenvalue weighted by Gasteiger charge is -2.13. The quantitative estimate of drug-likeness (QED) is 0.779. The Morgan fingerprint density at radius 1 is 1.39 bits per heavy atom. The molecule has 1 aliphatic rings. The van der Waals surface area contributed by atoms with Crippen molar-refractivity contribution in [2.45, 2.75) is 51.1 Å². The molecule has 1 unspecified atom stereocenters. The number of carboxylic acids is 1. The maximum absolute atomic E-state index is 11.0. The molecule has 0 saturated heterocycles. The summed E-state index contributed by atoms with van der Waals surface area (Å²) >= 11 is 0. The summed E-state index contributed by atoms with van der Waals surface area (Å²) < 4.78 is 0. The van der Waals surface area contributed by atoms with Crippen LogP contribution in [0.4, 0.5) is 0 Å². The summed E-state index contributed by atoms with van der Waals surface area (Å²) in [5, 5.41) is 12.1. The number of rotatable bonds is 7. The van der Waals surface area contributed by atoms with Crippen LogP contribution in [-0.2, 0) is 11.3 Å². The predicted octanol–water partition coefficient (Wildman–Crippen LogP) is 2.91. The van der Waals surface area contributed by atoms with Crippen LogP contribution in [0.15, 0.2) is 24.3 Å². The highest BCUT2D eigenvalue weighted by atomic mass is 16.4. The predicted molar refractivity (Wildman–Crippen MR) is 71.6 cm³/mol. The summed E-state index contributed by atoms with van der Waals surface area (Å²) in [4.78, 5) is 11.0. The van der Waals surface area contributed by atoms with Crippen LogP contribution in [0.1, 0.15) is 49.7 Å². The molecule has 0 amide bonds. The van der Waals surface area contributed by atoms with Crippen molar-refractivity contribution in [2.75, 3.05) is 0 Å². The third kappa shape index (κ3) is 3.57. The topological polar surface area (TPSA) is 49.3 Å². The van der Waals surface area contributed by atoms with Gasteiger partial charge in [0, 0.05) is 6.54 Å². The summed E-state index contributed by atoms with van der Waals surface area (Å²) in [5.41, 5.74) is 2.57. The first-order valence-corrected chi connectivity index (χ1v) is 6.75. The van der Waals surface area contributed by atoms with Crippen molar-refractivity contribution < 1.29 is 9.90 Å². The van der Waals surface area contributed by atoms with Crippen molar-refractivity contribution in [3.05, 3.63) is 35.4 Å². The minimum atomic E-state index is -0.758. The number of carboxylic acid groups (broad SMARTS) is 1. The summed E-state index contributed by atoms with van der Waals surface area (Å²) in [6, 6.07) is 8.11. The first kappa shape index (κ1) is 13.1. The van der Waals surface area contributed by atoms with Crippen LogP contribution in [0.3, 0.4) is 0 Å². The normalized spacial score (nSPS) is 16.5. The Bertz CT molecular complexity index is 395. The molecule has 1 aromatic carbocycles. The zero-order chi connectivity index (χ0) is 13.0. The average molecular weight is 247 g/mol. The Morgan fingerprint density at radius 2 is 2.06 bits per heavy atom. The summed E-state index contributed by atoms with van der Waals surface area (Å²) in [7, 11) is 0. The van der Waals surface area contributed by atoms with Gasteiger partial charge < -0.3 is 10.4 Å². The van der Waals surface area contributed by atoms with Gasteiger partial charge in [0.2, 0.25) is 0 Å². The fraction of sp³-hybridized carbons (Fsp3) is 0.533. The van der Waals surface area contributed by atoms with Crippen molar-refractivity contribution in [1.82, 2.24) is 5.32 Å². The molecular formula is C15H21NO2. The van der Waals surface area contributed by atoms with Crippen LogP contribution < -0.4 is 5.32 Å². The Hall–Kier alpha value is -1.35. The van der Waals surface area contributed by atoms with E-state index in [1.54, 1.807) is 0 Å². The highest BCUT2D eigenvalue weighted by Crippen LogP contribution is 2.39. The van der Waals surface area contributed by atoms with E-state index in [0.29, 0.717) is 13.0 Å². The highest BCUT2D eigenvalue weighted by Gasteiger charge is 2.23. The molecule has 1 fully saturated rings. The minimum absolute atomic E-state index is 0.432. The smallest absolute Gasteiger partial charge is 0.320 e. The van der Waals surface area contributed by atoms with E-state index >= 15 is 0 Å². The summed E-state index contributed by atoms with van der Waals surface area (Å²) in [5.74, 6) is 0.0188. The van der Waals surface area contributed by atoms with Gasteiger partial charge in [-0.3, -0.25) is 4.79 Å². The SMILES string of the molecule is CCCC(NCc1ccc(C2CC2)cc1)C(=O)O. The van der Waals surface area contributed by atoms with Crippen LogP contribution in [0.25, 0.3) is 0 Å². The second kappa shape index (κ2) is 6.01. The number of hydrogen-bond acceptors (Lipinski definition) is 2. The van der Waals surface area contributed by atoms with E-state index in [2.05, 4.69) is 29.6 Å². The number of nitrogens with one attached hydrogen (secondary N) is 1. The monoisotopic (exact) mass is 247 g/mol. The van der Waals surface area contributed by atoms with Crippen molar-refractivity contribution in [3.8, 4) is 0 Å². The van der Waals surface area contributed by atoms with Gasteiger partial charge in [-0.05, 0) is 36.3 Å². The lowest BCUT2D eigenvalue weighted by molar-refractivity contribution is -0.139. The van der Waals surface area contributed by atoms with Gasteiger partial charge in [0.15, 0.2) is 0 Å². The first-order valence-electron chi connectivity index (χ1n) is 6.75. The lowest BCUT2D eigenvalue weighted by Crippen LogP contribution is -2.35. The van der Waals surface area contributed by atoms with Gasteiger partial charge in [0.25, 0.3) is 0 Å². The van der Waals surface area contributed by atoms with Crippen molar-refractivity contribution >= 4 is 5.97 Å². The van der Waals surface area contributed by atoms with E-state index in [4.69, 9.17) is 5.11 Å². The summed E-state index contributed by atoms with van der Waals surface area (Å²) in [6.45, 7) is 2.63. The standard InChI is InChI=1S/C15H21NO2/c1-2-3-14(15(17)18)16-10-11-4-6-12(7-5-11)13-8-9-13/h4-7,13-14,16H,2-3,8-10H2,1H3,(H,17,18). The van der Waals surface area contributed by atoms with Gasteiger partial charge in [-0.15, -0.1) is 0 Å². The molecular weight excluding hydrogens is 226 g/mol. The first-order chi connectivity index (χ1) is 8.70. The molecule has 0 bridgehead atoms. The molecule has 1 atom stereocenters. The molecule has 98 valence electrons. The molecule has 3 heteroatoms. The van der Waals surface area contributed by atoms with Crippen LogP contribution in [0, 0.1) is 0 Å². The lowest BCUT2D eigenvalue weighted by atomic mass is 10.1. The molecule has 0 radical (unpaired) electrons. The van der Waals surface area contributed by atoms with Crippen molar-refractivity contribution in [1.29, 1.82) is 0 Å². The Labute approximate surface area is 108 Å². The van der Waals surface area contributed by atoms with Crippen LogP contribution in [0.5, 0.6) is 0 Å². The Kier molecular flexibility index (Phi) is 4.37. The number of aliphatic carboxylic acids is 1. The van der Waals surface area contributed by atoms with E-state index in [1.165, 1.54) is 18.4 Å². The summed E-state index contributed by atoms with van der Waals surface area (Å²) in [6.07, 6.45) is 4.18. The van der Waals surface area contributed by atoms with E-state index in [0.717, 1.165) is 17.9 Å². The van der Waals surface area contributed by atoms with Gasteiger partial charge in [-0.1, -0.05) is 37.6 Å². The minimum Gasteiger partial charge on any atom is -0.480 e. The average Bonchev–Trinajstić information content (AvgIpc) is 3.19. The van der Waals surface area contributed by atoms with Gasteiger partial charge in [0.1, 0.15) is 6.04 Å². The van der Waals surface area contributed by atoms with Crippen LogP contribution in [-0.4, -0.2) is 17.1 Å². The number of hydrogen-bond donors (Lipinski definition) is 2. The van der Waals surface area contributed by atoms with E-state index < -0.39 is 12.0 Å². The third-order valence-electron chi connectivity index (χ3n) is 3.46. The zero-order valence-electron chi connectivity index (χ0n) is 10.9. The van der Waals surface area contributed by atoms with Crippen LogP contribution in [0.2, 0.25) is 0 Å². The van der Waals surface area contributed by atoms with Gasteiger partial charge in [0.05, 0.1) is 0 Å². The van der Waals surface area contributed by atoms with Crippen molar-refractivity contribution in [2.24, 2.45) is 0 Å². The molecule has 0 heterocycles. The van der Waals surface area contributed by atoms with E-state index in [9.17, 15) is 4.79 Å². The van der Waals surface area contributed by atoms with E-state index in [-0.39, 0.29) is 0 Å². The molecule has 0 aromatic heterocycles. The fourth-order valence-corrected chi connectivity index (χ4v) is 2.17. The molecule has 3 nitrogen and oxygen atoms in total. The Morgan fingerprint density at radius 3 is 2.56 bits per heavy atom. The molecule has 2 N–H and O–H groups in total. The highest BCUT2D eigenvalue weighted by molar-refractivity contribution is 5.73.